The molecule has 4 rings (SSSR count). The Morgan fingerprint density at radius 1 is 1.08 bits per heavy atom. The van der Waals surface area contributed by atoms with Crippen LogP contribution in [0.3, 0.4) is 0 Å². The third-order valence-corrected chi connectivity index (χ3v) is 5.73. The van der Waals surface area contributed by atoms with Crippen LogP contribution in [0.2, 0.25) is 5.02 Å². The summed E-state index contributed by atoms with van der Waals surface area (Å²) in [6.45, 7) is 4.07. The lowest BCUT2D eigenvalue weighted by Crippen LogP contribution is -2.25. The first-order valence-corrected chi connectivity index (χ1v) is 9.90. The van der Waals surface area contributed by atoms with Gasteiger partial charge in [-0.05, 0) is 67.1 Å². The molecule has 2 aromatic rings. The van der Waals surface area contributed by atoms with Crippen molar-refractivity contribution in [1.29, 1.82) is 0 Å². The van der Waals surface area contributed by atoms with Crippen LogP contribution >= 0.6 is 11.6 Å². The van der Waals surface area contributed by atoms with E-state index >= 15 is 0 Å². The van der Waals surface area contributed by atoms with Gasteiger partial charge in [0, 0.05) is 24.0 Å². The van der Waals surface area contributed by atoms with Crippen molar-refractivity contribution in [3.63, 3.8) is 0 Å². The second kappa shape index (κ2) is 7.81. The average molecular weight is 369 g/mol. The van der Waals surface area contributed by atoms with Gasteiger partial charge < -0.3 is 5.32 Å². The summed E-state index contributed by atoms with van der Waals surface area (Å²) in [5, 5.41) is 3.82. The van der Waals surface area contributed by atoms with Gasteiger partial charge in [-0.1, -0.05) is 48.0 Å². The molecule has 1 heterocycles. The van der Waals surface area contributed by atoms with Gasteiger partial charge in [0.25, 0.3) is 0 Å². The first-order chi connectivity index (χ1) is 12.7. The number of halogens is 1. The van der Waals surface area contributed by atoms with Gasteiger partial charge in [-0.3, -0.25) is 9.69 Å². The number of amides is 1. The van der Waals surface area contributed by atoms with E-state index in [2.05, 4.69) is 40.5 Å². The van der Waals surface area contributed by atoms with Gasteiger partial charge >= 0.3 is 0 Å². The molecule has 0 aromatic heterocycles. The lowest BCUT2D eigenvalue weighted by molar-refractivity contribution is -0.122. The van der Waals surface area contributed by atoms with E-state index in [0.717, 1.165) is 23.6 Å². The smallest absolute Gasteiger partial charge is 0.224 e. The molecule has 0 radical (unpaired) electrons. The molecule has 136 valence electrons. The Balaban J connectivity index is 1.25. The third-order valence-electron chi connectivity index (χ3n) is 5.50. The van der Waals surface area contributed by atoms with E-state index in [1.807, 2.05) is 18.2 Å². The highest BCUT2D eigenvalue weighted by atomic mass is 35.5. The molecule has 0 bridgehead atoms. The number of carbonyl (C=O) groups excluding carboxylic acids is 1. The maximum Gasteiger partial charge on any atom is 0.224 e. The van der Waals surface area contributed by atoms with Gasteiger partial charge in [0.05, 0.1) is 0 Å². The molecule has 3 nitrogen and oxygen atoms in total. The van der Waals surface area contributed by atoms with Crippen molar-refractivity contribution in [2.45, 2.75) is 38.3 Å². The van der Waals surface area contributed by atoms with Crippen molar-refractivity contribution < 1.29 is 4.79 Å². The van der Waals surface area contributed by atoms with E-state index in [4.69, 9.17) is 11.6 Å². The van der Waals surface area contributed by atoms with E-state index in [-0.39, 0.29) is 11.8 Å². The first-order valence-electron chi connectivity index (χ1n) is 9.52. The van der Waals surface area contributed by atoms with Gasteiger partial charge in [0.15, 0.2) is 0 Å². The van der Waals surface area contributed by atoms with E-state index in [9.17, 15) is 4.79 Å². The Labute approximate surface area is 160 Å². The number of benzene rings is 2. The quantitative estimate of drug-likeness (QED) is 0.821. The zero-order chi connectivity index (χ0) is 17.9. The summed E-state index contributed by atoms with van der Waals surface area (Å²) in [5.74, 6) is 0.551. The fraction of sp³-hybridized carbons (Fsp3) is 0.409. The minimum absolute atomic E-state index is 0.0860. The van der Waals surface area contributed by atoms with Crippen LogP contribution in [0.5, 0.6) is 0 Å². The predicted molar refractivity (Wildman–Crippen MR) is 105 cm³/mol. The Hall–Kier alpha value is -1.84. The molecule has 2 fully saturated rings. The summed E-state index contributed by atoms with van der Waals surface area (Å²) in [5.41, 5.74) is 3.68. The summed E-state index contributed by atoms with van der Waals surface area (Å²) in [6.07, 6.45) is 3.56. The zero-order valence-corrected chi connectivity index (χ0v) is 15.7. The summed E-state index contributed by atoms with van der Waals surface area (Å²) in [6, 6.07) is 16.5. The monoisotopic (exact) mass is 368 g/mol. The van der Waals surface area contributed by atoms with Crippen LogP contribution in [0, 0.1) is 5.92 Å². The number of likely N-dealkylation sites (tertiary alicyclic amines) is 1. The Morgan fingerprint density at radius 3 is 2.54 bits per heavy atom. The van der Waals surface area contributed by atoms with Crippen LogP contribution < -0.4 is 5.32 Å². The number of carbonyl (C=O) groups is 1. The molecule has 1 amide bonds. The molecule has 1 saturated carbocycles. The standard InChI is InChI=1S/C22H25ClN2O/c23-19-5-3-4-18(12-19)20-13-21(20)22(26)24-14-16-6-8-17(9-7-16)15-25-10-1-2-11-25/h3-9,12,20-21H,1-2,10-11,13-15H2,(H,24,26). The molecule has 1 aliphatic heterocycles. The van der Waals surface area contributed by atoms with E-state index in [0.29, 0.717) is 12.5 Å². The van der Waals surface area contributed by atoms with Crippen LogP contribution in [0.15, 0.2) is 48.5 Å². The van der Waals surface area contributed by atoms with Crippen molar-refractivity contribution in [1.82, 2.24) is 10.2 Å². The van der Waals surface area contributed by atoms with Gasteiger partial charge in [-0.25, -0.2) is 0 Å². The highest BCUT2D eigenvalue weighted by Gasteiger charge is 2.43. The molecular weight excluding hydrogens is 344 g/mol. The van der Waals surface area contributed by atoms with Crippen LogP contribution in [0.4, 0.5) is 0 Å². The Morgan fingerprint density at radius 2 is 1.81 bits per heavy atom. The molecule has 2 aliphatic rings. The second-order valence-corrected chi connectivity index (χ2v) is 7.96. The summed E-state index contributed by atoms with van der Waals surface area (Å²) in [4.78, 5) is 14.9. The Bertz CT molecular complexity index is 768. The van der Waals surface area contributed by atoms with Crippen molar-refractivity contribution in [3.8, 4) is 0 Å². The number of nitrogens with zero attached hydrogens (tertiary/aromatic N) is 1. The highest BCUT2D eigenvalue weighted by Crippen LogP contribution is 2.47. The number of hydrogen-bond donors (Lipinski definition) is 1. The van der Waals surface area contributed by atoms with Crippen molar-refractivity contribution in [2.24, 2.45) is 5.92 Å². The van der Waals surface area contributed by atoms with Crippen LogP contribution in [0.1, 0.15) is 41.9 Å². The molecule has 1 aliphatic carbocycles. The van der Waals surface area contributed by atoms with Crippen molar-refractivity contribution in [2.75, 3.05) is 13.1 Å². The van der Waals surface area contributed by atoms with E-state index in [1.54, 1.807) is 0 Å². The molecule has 4 heteroatoms. The second-order valence-electron chi connectivity index (χ2n) is 7.52. The number of hydrogen-bond acceptors (Lipinski definition) is 2. The first kappa shape index (κ1) is 17.6. The molecule has 2 aromatic carbocycles. The molecule has 2 unspecified atom stereocenters. The molecular formula is C22H25ClN2O. The molecule has 0 spiro atoms. The van der Waals surface area contributed by atoms with Gasteiger partial charge in [0.1, 0.15) is 0 Å². The normalized spacial score (nSPS) is 22.3. The van der Waals surface area contributed by atoms with E-state index < -0.39 is 0 Å². The SMILES string of the molecule is O=C(NCc1ccc(CN2CCCC2)cc1)C1CC1c1cccc(Cl)c1. The number of rotatable bonds is 6. The fourth-order valence-electron chi connectivity index (χ4n) is 3.87. The zero-order valence-electron chi connectivity index (χ0n) is 15.0. The molecule has 2 atom stereocenters. The van der Waals surface area contributed by atoms with Crippen LogP contribution in [0.25, 0.3) is 0 Å². The molecule has 26 heavy (non-hydrogen) atoms. The van der Waals surface area contributed by atoms with Crippen molar-refractivity contribution >= 4 is 17.5 Å². The largest absolute Gasteiger partial charge is 0.352 e. The fourth-order valence-corrected chi connectivity index (χ4v) is 4.07. The van der Waals surface area contributed by atoms with Gasteiger partial charge in [-0.2, -0.15) is 0 Å². The average Bonchev–Trinajstić information content (AvgIpc) is 3.30. The topological polar surface area (TPSA) is 32.3 Å². The van der Waals surface area contributed by atoms with Crippen LogP contribution in [-0.2, 0) is 17.9 Å². The van der Waals surface area contributed by atoms with Gasteiger partial charge in [0.2, 0.25) is 5.91 Å². The lowest BCUT2D eigenvalue weighted by Gasteiger charge is -2.14. The molecule has 1 saturated heterocycles. The minimum Gasteiger partial charge on any atom is -0.352 e. The van der Waals surface area contributed by atoms with Crippen molar-refractivity contribution in [3.05, 3.63) is 70.2 Å². The maximum atomic E-state index is 12.4. The summed E-state index contributed by atoms with van der Waals surface area (Å²) < 4.78 is 0. The van der Waals surface area contributed by atoms with Crippen LogP contribution in [-0.4, -0.2) is 23.9 Å². The minimum atomic E-state index is 0.0860. The lowest BCUT2D eigenvalue weighted by atomic mass is 10.1. The predicted octanol–water partition coefficient (Wildman–Crippen LogP) is 4.36. The maximum absolute atomic E-state index is 12.4. The number of nitrogens with one attached hydrogen (secondary N) is 1. The Kier molecular flexibility index (Phi) is 5.28. The highest BCUT2D eigenvalue weighted by molar-refractivity contribution is 6.30. The van der Waals surface area contributed by atoms with Gasteiger partial charge in [-0.15, -0.1) is 0 Å². The summed E-state index contributed by atoms with van der Waals surface area (Å²) in [7, 11) is 0. The van der Waals surface area contributed by atoms with E-state index in [1.165, 1.54) is 37.1 Å². The molecule has 1 N–H and O–H groups in total. The summed E-state index contributed by atoms with van der Waals surface area (Å²) >= 11 is 6.05. The third kappa shape index (κ3) is 4.28.